The van der Waals surface area contributed by atoms with Crippen LogP contribution in [0.25, 0.3) is 17.2 Å². The number of aryl methyl sites for hydroxylation is 3. The van der Waals surface area contributed by atoms with Gasteiger partial charge in [-0.1, -0.05) is 29.8 Å². The number of hydrogen-bond donors (Lipinski definition) is 1. The van der Waals surface area contributed by atoms with Crippen molar-refractivity contribution in [1.29, 1.82) is 0 Å². The van der Waals surface area contributed by atoms with Crippen molar-refractivity contribution in [1.82, 2.24) is 24.9 Å². The standard InChI is InChI=1S/C27H31N5O3/c1-17-7-6-8-20(13-17)11-12-28-25(33)10-9-24-18(2)29-27-30-26(31-32(27)19(24)3)21-14-22(34-4)16-23(15-21)35-5/h6-8,13-16H,9-12H2,1-5H3,(H,28,33). The van der Waals surface area contributed by atoms with Gasteiger partial charge in [-0.25, -0.2) is 9.50 Å². The van der Waals surface area contributed by atoms with E-state index >= 15 is 0 Å². The van der Waals surface area contributed by atoms with Crippen molar-refractivity contribution < 1.29 is 14.3 Å². The number of methoxy groups -OCH3 is 2. The maximum Gasteiger partial charge on any atom is 0.253 e. The minimum absolute atomic E-state index is 0.0271. The van der Waals surface area contributed by atoms with Crippen LogP contribution in [0.4, 0.5) is 0 Å². The Hall–Kier alpha value is -3.94. The van der Waals surface area contributed by atoms with Gasteiger partial charge in [0.2, 0.25) is 5.91 Å². The van der Waals surface area contributed by atoms with Crippen LogP contribution in [0.5, 0.6) is 11.5 Å². The quantitative estimate of drug-likeness (QED) is 0.395. The molecule has 2 aromatic heterocycles. The van der Waals surface area contributed by atoms with Crippen LogP contribution in [0.1, 0.15) is 34.5 Å². The van der Waals surface area contributed by atoms with E-state index in [1.165, 1.54) is 11.1 Å². The molecule has 4 rings (SSSR count). The van der Waals surface area contributed by atoms with Gasteiger partial charge in [-0.15, -0.1) is 5.10 Å². The number of fused-ring (bicyclic) bond motifs is 1. The number of carbonyl (C=O) groups excluding carboxylic acids is 1. The van der Waals surface area contributed by atoms with E-state index in [-0.39, 0.29) is 5.91 Å². The summed E-state index contributed by atoms with van der Waals surface area (Å²) in [5.41, 5.74) is 6.01. The molecule has 0 aliphatic rings. The Balaban J connectivity index is 1.47. The van der Waals surface area contributed by atoms with E-state index in [0.717, 1.165) is 28.9 Å². The van der Waals surface area contributed by atoms with Gasteiger partial charge in [-0.2, -0.15) is 4.98 Å². The van der Waals surface area contributed by atoms with Gasteiger partial charge in [0.15, 0.2) is 5.82 Å². The van der Waals surface area contributed by atoms with Gasteiger partial charge in [-0.3, -0.25) is 4.79 Å². The second-order valence-corrected chi connectivity index (χ2v) is 8.60. The summed E-state index contributed by atoms with van der Waals surface area (Å²) in [5, 5.41) is 7.71. The molecule has 1 amide bonds. The molecular formula is C27H31N5O3. The predicted molar refractivity (Wildman–Crippen MR) is 135 cm³/mol. The van der Waals surface area contributed by atoms with Gasteiger partial charge < -0.3 is 14.8 Å². The molecule has 0 atom stereocenters. The van der Waals surface area contributed by atoms with Crippen molar-refractivity contribution in [2.24, 2.45) is 0 Å². The number of aromatic nitrogens is 4. The van der Waals surface area contributed by atoms with E-state index in [0.29, 0.717) is 42.5 Å². The second kappa shape index (κ2) is 10.5. The lowest BCUT2D eigenvalue weighted by Gasteiger charge is -2.10. The van der Waals surface area contributed by atoms with E-state index in [2.05, 4.69) is 45.5 Å². The molecule has 0 radical (unpaired) electrons. The van der Waals surface area contributed by atoms with Gasteiger partial charge in [-0.05, 0) is 56.9 Å². The van der Waals surface area contributed by atoms with Crippen LogP contribution in [-0.2, 0) is 17.6 Å². The summed E-state index contributed by atoms with van der Waals surface area (Å²) in [4.78, 5) is 21.7. The average Bonchev–Trinajstić information content (AvgIpc) is 3.28. The zero-order chi connectivity index (χ0) is 24.9. The van der Waals surface area contributed by atoms with E-state index in [1.807, 2.05) is 32.0 Å². The zero-order valence-electron chi connectivity index (χ0n) is 20.9. The van der Waals surface area contributed by atoms with Crippen LogP contribution in [0.3, 0.4) is 0 Å². The molecule has 1 N–H and O–H groups in total. The first-order chi connectivity index (χ1) is 16.9. The summed E-state index contributed by atoms with van der Waals surface area (Å²) in [6, 6.07) is 13.9. The first-order valence-corrected chi connectivity index (χ1v) is 11.7. The largest absolute Gasteiger partial charge is 0.497 e. The van der Waals surface area contributed by atoms with Crippen molar-refractivity contribution >= 4 is 11.7 Å². The number of benzene rings is 2. The highest BCUT2D eigenvalue weighted by molar-refractivity contribution is 5.76. The third-order valence-corrected chi connectivity index (χ3v) is 6.08. The molecule has 2 aromatic carbocycles. The molecule has 0 fully saturated rings. The fourth-order valence-corrected chi connectivity index (χ4v) is 4.17. The van der Waals surface area contributed by atoms with E-state index in [1.54, 1.807) is 24.8 Å². The molecule has 0 bridgehead atoms. The number of ether oxygens (including phenoxy) is 2. The Labute approximate surface area is 205 Å². The third kappa shape index (κ3) is 5.59. The molecule has 0 unspecified atom stereocenters. The molecule has 0 aliphatic heterocycles. The monoisotopic (exact) mass is 473 g/mol. The van der Waals surface area contributed by atoms with Crippen LogP contribution in [0, 0.1) is 20.8 Å². The summed E-state index contributed by atoms with van der Waals surface area (Å²) in [6.07, 6.45) is 1.78. The molecule has 0 aliphatic carbocycles. The lowest BCUT2D eigenvalue weighted by atomic mass is 10.1. The number of amides is 1. The maximum atomic E-state index is 12.5. The lowest BCUT2D eigenvalue weighted by Crippen LogP contribution is -2.26. The molecule has 0 spiro atoms. The normalized spacial score (nSPS) is 11.0. The number of nitrogens with zero attached hydrogens (tertiary/aromatic N) is 4. The number of carbonyl (C=O) groups is 1. The molecule has 4 aromatic rings. The van der Waals surface area contributed by atoms with Gasteiger partial charge in [0.1, 0.15) is 11.5 Å². The second-order valence-electron chi connectivity index (χ2n) is 8.60. The van der Waals surface area contributed by atoms with Gasteiger partial charge >= 0.3 is 0 Å². The highest BCUT2D eigenvalue weighted by Gasteiger charge is 2.16. The van der Waals surface area contributed by atoms with Gasteiger partial charge in [0.25, 0.3) is 5.78 Å². The van der Waals surface area contributed by atoms with Crippen LogP contribution in [0.2, 0.25) is 0 Å². The van der Waals surface area contributed by atoms with Crippen molar-refractivity contribution in [3.05, 3.63) is 70.5 Å². The minimum Gasteiger partial charge on any atom is -0.497 e. The van der Waals surface area contributed by atoms with Gasteiger partial charge in [0, 0.05) is 36.0 Å². The predicted octanol–water partition coefficient (Wildman–Crippen LogP) is 4.03. The fourth-order valence-electron chi connectivity index (χ4n) is 4.17. The first kappa shape index (κ1) is 24.2. The van der Waals surface area contributed by atoms with Crippen LogP contribution < -0.4 is 14.8 Å². The fraction of sp³-hybridized carbons (Fsp3) is 0.333. The summed E-state index contributed by atoms with van der Waals surface area (Å²) in [5.74, 6) is 2.40. The van der Waals surface area contributed by atoms with Crippen molar-refractivity contribution in [2.45, 2.75) is 40.0 Å². The molecule has 182 valence electrons. The Morgan fingerprint density at radius 1 is 0.971 bits per heavy atom. The summed E-state index contributed by atoms with van der Waals surface area (Å²) in [6.45, 7) is 6.62. The van der Waals surface area contributed by atoms with Crippen LogP contribution in [0.15, 0.2) is 42.5 Å². The Kier molecular flexibility index (Phi) is 7.29. The van der Waals surface area contributed by atoms with Crippen LogP contribution in [-0.4, -0.2) is 46.3 Å². The molecule has 8 heteroatoms. The maximum absolute atomic E-state index is 12.5. The highest BCUT2D eigenvalue weighted by atomic mass is 16.5. The topological polar surface area (TPSA) is 90.6 Å². The Bertz CT molecular complexity index is 1340. The van der Waals surface area contributed by atoms with Gasteiger partial charge in [0.05, 0.1) is 14.2 Å². The minimum atomic E-state index is 0.0271. The molecule has 35 heavy (non-hydrogen) atoms. The molecule has 0 saturated carbocycles. The zero-order valence-corrected chi connectivity index (χ0v) is 20.9. The third-order valence-electron chi connectivity index (χ3n) is 6.08. The summed E-state index contributed by atoms with van der Waals surface area (Å²) < 4.78 is 12.5. The molecular weight excluding hydrogens is 442 g/mol. The Morgan fingerprint density at radius 3 is 2.40 bits per heavy atom. The number of hydrogen-bond acceptors (Lipinski definition) is 6. The van der Waals surface area contributed by atoms with Crippen molar-refractivity contribution in [3.63, 3.8) is 0 Å². The SMILES string of the molecule is COc1cc(OC)cc(-c2nc3nc(C)c(CCC(=O)NCCc4cccc(C)c4)c(C)n3n2)c1. The van der Waals surface area contributed by atoms with E-state index in [4.69, 9.17) is 9.47 Å². The number of nitrogens with one attached hydrogen (secondary N) is 1. The smallest absolute Gasteiger partial charge is 0.253 e. The average molecular weight is 474 g/mol. The molecule has 0 saturated heterocycles. The number of rotatable bonds is 9. The summed E-state index contributed by atoms with van der Waals surface area (Å²) in [7, 11) is 3.21. The van der Waals surface area contributed by atoms with Crippen molar-refractivity contribution in [2.75, 3.05) is 20.8 Å². The molecule has 2 heterocycles. The van der Waals surface area contributed by atoms with Crippen molar-refractivity contribution in [3.8, 4) is 22.9 Å². The summed E-state index contributed by atoms with van der Waals surface area (Å²) >= 11 is 0. The highest BCUT2D eigenvalue weighted by Crippen LogP contribution is 2.28. The lowest BCUT2D eigenvalue weighted by molar-refractivity contribution is -0.121. The molecule has 8 nitrogen and oxygen atoms in total. The first-order valence-electron chi connectivity index (χ1n) is 11.7. The Morgan fingerprint density at radius 2 is 1.71 bits per heavy atom. The van der Waals surface area contributed by atoms with E-state index < -0.39 is 0 Å². The van der Waals surface area contributed by atoms with E-state index in [9.17, 15) is 4.79 Å². The van der Waals surface area contributed by atoms with Crippen LogP contribution >= 0.6 is 0 Å².